The summed E-state index contributed by atoms with van der Waals surface area (Å²) in [5, 5.41) is 14.5. The van der Waals surface area contributed by atoms with Crippen LogP contribution in [0, 0.1) is 5.92 Å². The number of carboxylic acid groups (broad SMARTS) is 1. The third kappa shape index (κ3) is 4.87. The molecule has 192 valence electrons. The van der Waals surface area contributed by atoms with E-state index in [0.29, 0.717) is 47.3 Å². The Bertz CT molecular complexity index is 1270. The predicted octanol–water partition coefficient (Wildman–Crippen LogP) is 3.87. The van der Waals surface area contributed by atoms with Gasteiger partial charge in [-0.3, -0.25) is 4.79 Å². The number of aromatic nitrogens is 3. The van der Waals surface area contributed by atoms with Crippen LogP contribution in [0.2, 0.25) is 5.15 Å². The first-order valence-electron chi connectivity index (χ1n) is 12.5. The molecule has 3 unspecified atom stereocenters. The first kappa shape index (κ1) is 25.1. The fraction of sp³-hybridized carbons (Fsp3) is 0.520. The summed E-state index contributed by atoms with van der Waals surface area (Å²) in [4.78, 5) is 39.2. The molecule has 0 amide bonds. The number of aryl methyl sites for hydroxylation is 1. The van der Waals surface area contributed by atoms with E-state index in [4.69, 9.17) is 22.3 Å². The number of imidazole rings is 1. The topological polar surface area (TPSA) is 137 Å². The molecule has 5 N–H and O–H groups in total. The van der Waals surface area contributed by atoms with Crippen LogP contribution >= 0.6 is 22.9 Å². The van der Waals surface area contributed by atoms with Gasteiger partial charge in [-0.25, -0.2) is 14.8 Å². The number of nitrogens with zero attached hydrogens (tertiary/aromatic N) is 3. The maximum Gasteiger partial charge on any atom is 0.337 e. The van der Waals surface area contributed by atoms with Crippen molar-refractivity contribution in [1.82, 2.24) is 20.3 Å². The van der Waals surface area contributed by atoms with Crippen LogP contribution in [0.4, 0.5) is 5.13 Å². The minimum atomic E-state index is -0.955. The Balaban J connectivity index is 1.39. The van der Waals surface area contributed by atoms with Crippen molar-refractivity contribution >= 4 is 50.0 Å². The number of aromatic carboxylic acids is 1. The number of halogens is 1. The van der Waals surface area contributed by atoms with Gasteiger partial charge in [-0.1, -0.05) is 48.8 Å². The van der Waals surface area contributed by atoms with Crippen LogP contribution in [0.3, 0.4) is 0 Å². The Morgan fingerprint density at radius 2 is 2.08 bits per heavy atom. The highest BCUT2D eigenvalue weighted by Crippen LogP contribution is 2.35. The second-order valence-corrected chi connectivity index (χ2v) is 11.0. The van der Waals surface area contributed by atoms with Gasteiger partial charge in [-0.2, -0.15) is 0 Å². The van der Waals surface area contributed by atoms with Gasteiger partial charge in [-0.05, 0) is 37.8 Å². The molecule has 2 aliphatic rings. The van der Waals surface area contributed by atoms with E-state index in [1.807, 2.05) is 13.0 Å². The van der Waals surface area contributed by atoms with E-state index in [9.17, 15) is 14.7 Å². The molecule has 36 heavy (non-hydrogen) atoms. The number of benzene rings is 1. The van der Waals surface area contributed by atoms with Crippen LogP contribution in [-0.2, 0) is 6.42 Å². The fourth-order valence-corrected chi connectivity index (χ4v) is 6.85. The fourth-order valence-electron chi connectivity index (χ4n) is 5.48. The number of nitrogens with two attached hydrogens (primary N) is 1. The molecule has 11 heteroatoms. The number of carboxylic acids is 1. The molecule has 1 aliphatic carbocycles. The SMILES string of the molecule is CCc1[nH]c(C(=O)C(N)C2CCN(c3nc4cccc(C(=O)O)c4s3)CC2NC2CCCC2)nc1Cl. The molecule has 3 aromatic rings. The van der Waals surface area contributed by atoms with Gasteiger partial charge in [0.1, 0.15) is 0 Å². The summed E-state index contributed by atoms with van der Waals surface area (Å²) in [6, 6.07) is 4.85. The number of rotatable bonds is 8. The maximum absolute atomic E-state index is 13.3. The van der Waals surface area contributed by atoms with Crippen LogP contribution in [0.5, 0.6) is 0 Å². The van der Waals surface area contributed by atoms with E-state index in [1.54, 1.807) is 12.1 Å². The summed E-state index contributed by atoms with van der Waals surface area (Å²) < 4.78 is 0.677. The van der Waals surface area contributed by atoms with Gasteiger partial charge in [0.05, 0.1) is 27.5 Å². The van der Waals surface area contributed by atoms with Crippen LogP contribution in [0.1, 0.15) is 65.7 Å². The van der Waals surface area contributed by atoms with E-state index in [2.05, 4.69) is 20.2 Å². The zero-order valence-electron chi connectivity index (χ0n) is 20.2. The summed E-state index contributed by atoms with van der Waals surface area (Å²) in [7, 11) is 0. The Labute approximate surface area is 218 Å². The summed E-state index contributed by atoms with van der Waals surface area (Å²) >= 11 is 7.58. The largest absolute Gasteiger partial charge is 0.478 e. The normalized spacial score (nSPS) is 21.8. The third-order valence-corrected chi connectivity index (χ3v) is 8.93. The van der Waals surface area contributed by atoms with Crippen molar-refractivity contribution in [2.45, 2.75) is 63.6 Å². The van der Waals surface area contributed by atoms with Crippen LogP contribution in [0.15, 0.2) is 18.2 Å². The molecular weight excluding hydrogens is 500 g/mol. The maximum atomic E-state index is 13.3. The Morgan fingerprint density at radius 3 is 2.78 bits per heavy atom. The van der Waals surface area contributed by atoms with Crippen molar-refractivity contribution in [2.24, 2.45) is 11.7 Å². The van der Waals surface area contributed by atoms with Gasteiger partial charge in [0, 0.05) is 31.1 Å². The number of carbonyl (C=O) groups is 2. The Kier molecular flexibility index (Phi) is 7.30. The van der Waals surface area contributed by atoms with Gasteiger partial charge in [0.15, 0.2) is 16.1 Å². The van der Waals surface area contributed by atoms with E-state index < -0.39 is 12.0 Å². The number of thiazole rings is 1. The summed E-state index contributed by atoms with van der Waals surface area (Å²) in [5.74, 6) is -1.03. The first-order chi connectivity index (χ1) is 17.4. The van der Waals surface area contributed by atoms with E-state index in [1.165, 1.54) is 24.2 Å². The molecule has 5 rings (SSSR count). The number of Topliss-reactive ketones (excluding diaryl/α,β-unsaturated/α-hetero) is 1. The van der Waals surface area contributed by atoms with Crippen molar-refractivity contribution in [1.29, 1.82) is 0 Å². The Morgan fingerprint density at radius 1 is 1.31 bits per heavy atom. The van der Waals surface area contributed by atoms with Crippen molar-refractivity contribution in [2.75, 3.05) is 18.0 Å². The molecule has 1 aliphatic heterocycles. The van der Waals surface area contributed by atoms with Crippen molar-refractivity contribution < 1.29 is 14.7 Å². The van der Waals surface area contributed by atoms with Gasteiger partial charge in [-0.15, -0.1) is 0 Å². The number of ketones is 1. The highest BCUT2D eigenvalue weighted by atomic mass is 35.5. The number of piperidine rings is 1. The van der Waals surface area contributed by atoms with Crippen LogP contribution < -0.4 is 16.0 Å². The smallest absolute Gasteiger partial charge is 0.337 e. The van der Waals surface area contributed by atoms with Gasteiger partial charge in [0.2, 0.25) is 5.78 Å². The number of aromatic amines is 1. The average molecular weight is 531 g/mol. The molecule has 2 aromatic heterocycles. The monoisotopic (exact) mass is 530 g/mol. The lowest BCUT2D eigenvalue weighted by atomic mass is 9.83. The standard InChI is InChI=1S/C25H31ClN6O3S/c1-2-16-22(26)31-23(29-16)20(33)19(27)14-10-11-32(12-18(14)28-13-6-3-4-7-13)25-30-17-9-5-8-15(24(34)35)21(17)36-25/h5,8-9,13-14,18-19,28H,2-4,6-7,10-12,27H2,1H3,(H,29,31)(H,34,35). The molecule has 1 aromatic carbocycles. The van der Waals surface area contributed by atoms with Crippen molar-refractivity contribution in [3.05, 3.63) is 40.4 Å². The van der Waals surface area contributed by atoms with Crippen LogP contribution in [0.25, 0.3) is 10.2 Å². The lowest BCUT2D eigenvalue weighted by molar-refractivity contribution is 0.0699. The summed E-state index contributed by atoms with van der Waals surface area (Å²) in [6.45, 7) is 3.27. The summed E-state index contributed by atoms with van der Waals surface area (Å²) in [5.41, 5.74) is 8.29. The number of nitrogens with one attached hydrogen (secondary N) is 2. The number of H-pyrrole nitrogens is 1. The van der Waals surface area contributed by atoms with Gasteiger partial charge >= 0.3 is 5.97 Å². The number of fused-ring (bicyclic) bond motifs is 1. The van der Waals surface area contributed by atoms with E-state index in [-0.39, 0.29) is 29.1 Å². The number of carbonyl (C=O) groups excluding carboxylic acids is 1. The molecule has 1 saturated carbocycles. The molecule has 2 fully saturated rings. The van der Waals surface area contributed by atoms with E-state index >= 15 is 0 Å². The quantitative estimate of drug-likeness (QED) is 0.322. The van der Waals surface area contributed by atoms with Crippen molar-refractivity contribution in [3.63, 3.8) is 0 Å². The lowest BCUT2D eigenvalue weighted by Gasteiger charge is -2.42. The number of hydrogen-bond acceptors (Lipinski definition) is 8. The minimum Gasteiger partial charge on any atom is -0.478 e. The molecule has 9 nitrogen and oxygen atoms in total. The molecular formula is C25H31ClN6O3S. The Hall–Kier alpha value is -2.53. The average Bonchev–Trinajstić information content (AvgIpc) is 3.62. The zero-order valence-corrected chi connectivity index (χ0v) is 21.7. The van der Waals surface area contributed by atoms with Gasteiger partial charge < -0.3 is 26.0 Å². The van der Waals surface area contributed by atoms with E-state index in [0.717, 1.165) is 23.7 Å². The summed E-state index contributed by atoms with van der Waals surface area (Å²) in [6.07, 6.45) is 5.99. The zero-order chi connectivity index (χ0) is 25.4. The second-order valence-electron chi connectivity index (χ2n) is 9.71. The molecule has 1 saturated heterocycles. The van der Waals surface area contributed by atoms with Gasteiger partial charge in [0.25, 0.3) is 0 Å². The minimum absolute atomic E-state index is 0.0113. The highest BCUT2D eigenvalue weighted by Gasteiger charge is 2.39. The molecule has 0 spiro atoms. The third-order valence-electron chi connectivity index (χ3n) is 7.46. The van der Waals surface area contributed by atoms with Crippen molar-refractivity contribution in [3.8, 4) is 0 Å². The predicted molar refractivity (Wildman–Crippen MR) is 141 cm³/mol. The first-order valence-corrected chi connectivity index (χ1v) is 13.7. The number of hydrogen-bond donors (Lipinski definition) is 4. The lowest BCUT2D eigenvalue weighted by Crippen LogP contribution is -2.59. The molecule has 0 radical (unpaired) electrons. The molecule has 3 atom stereocenters. The molecule has 0 bridgehead atoms. The molecule has 3 heterocycles. The highest BCUT2D eigenvalue weighted by molar-refractivity contribution is 7.22. The second kappa shape index (κ2) is 10.5. The number of anilines is 1. The van der Waals surface area contributed by atoms with Crippen LogP contribution in [-0.4, -0.2) is 63.0 Å².